The molecule has 0 unspecified atom stereocenters. The monoisotopic (exact) mass is 639 g/mol. The van der Waals surface area contributed by atoms with Crippen molar-refractivity contribution >= 4 is 39.1 Å². The van der Waals surface area contributed by atoms with E-state index in [0.29, 0.717) is 5.56 Å². The molecule has 4 rings (SSSR count). The molecule has 0 fully saturated rings. The SMILES string of the molecule is CC(C)NC(=O)[C@@H](Cc1ccccc1)N(Cc1ccc(F)cc1)C(=O)CN(c1ccc(F)c(Cl)c1)S(=O)(=O)c1ccccc1. The van der Waals surface area contributed by atoms with E-state index in [-0.39, 0.29) is 34.6 Å². The van der Waals surface area contributed by atoms with Gasteiger partial charge in [-0.25, -0.2) is 17.2 Å². The van der Waals surface area contributed by atoms with Crippen molar-refractivity contribution in [3.8, 4) is 0 Å². The molecule has 0 aromatic heterocycles. The second-order valence-electron chi connectivity index (χ2n) is 10.4. The molecule has 0 aliphatic heterocycles. The molecule has 0 heterocycles. The van der Waals surface area contributed by atoms with Crippen molar-refractivity contribution in [3.05, 3.63) is 131 Å². The van der Waals surface area contributed by atoms with Crippen LogP contribution in [0.3, 0.4) is 0 Å². The Balaban J connectivity index is 1.81. The third-order valence-electron chi connectivity index (χ3n) is 6.77. The molecule has 0 saturated carbocycles. The van der Waals surface area contributed by atoms with Gasteiger partial charge in [-0.3, -0.25) is 13.9 Å². The quantitative estimate of drug-likeness (QED) is 0.207. The predicted octanol–water partition coefficient (Wildman–Crippen LogP) is 5.98. The predicted molar refractivity (Wildman–Crippen MR) is 167 cm³/mol. The van der Waals surface area contributed by atoms with Crippen LogP contribution in [-0.4, -0.2) is 43.8 Å². The highest BCUT2D eigenvalue weighted by Gasteiger charge is 2.35. The maximum Gasteiger partial charge on any atom is 0.264 e. The number of nitrogens with one attached hydrogen (secondary N) is 1. The molecule has 0 radical (unpaired) electrons. The minimum Gasteiger partial charge on any atom is -0.352 e. The van der Waals surface area contributed by atoms with Gasteiger partial charge >= 0.3 is 0 Å². The van der Waals surface area contributed by atoms with Gasteiger partial charge in [-0.1, -0.05) is 72.3 Å². The number of amides is 2. The average Bonchev–Trinajstić information content (AvgIpc) is 3.00. The summed E-state index contributed by atoms with van der Waals surface area (Å²) in [6.07, 6.45) is 0.125. The fourth-order valence-corrected chi connectivity index (χ4v) is 6.21. The Kier molecular flexibility index (Phi) is 10.7. The molecule has 1 N–H and O–H groups in total. The molecule has 0 aliphatic carbocycles. The molecular weight excluding hydrogens is 608 g/mol. The number of anilines is 1. The molecule has 7 nitrogen and oxygen atoms in total. The molecule has 0 aliphatic rings. The summed E-state index contributed by atoms with van der Waals surface area (Å²) in [6, 6.07) is 24.1. The number of hydrogen-bond acceptors (Lipinski definition) is 4. The van der Waals surface area contributed by atoms with Crippen LogP contribution in [0, 0.1) is 11.6 Å². The molecular formula is C33H32ClF2N3O4S. The number of nitrogens with zero attached hydrogens (tertiary/aromatic N) is 2. The summed E-state index contributed by atoms with van der Waals surface area (Å²) in [5.41, 5.74) is 1.26. The largest absolute Gasteiger partial charge is 0.352 e. The van der Waals surface area contributed by atoms with Gasteiger partial charge in [-0.15, -0.1) is 0 Å². The lowest BCUT2D eigenvalue weighted by Gasteiger charge is -2.34. The van der Waals surface area contributed by atoms with Gasteiger partial charge in [0.25, 0.3) is 10.0 Å². The minimum absolute atomic E-state index is 0.0402. The van der Waals surface area contributed by atoms with Gasteiger partial charge in [0.15, 0.2) is 0 Å². The smallest absolute Gasteiger partial charge is 0.264 e. The highest BCUT2D eigenvalue weighted by Crippen LogP contribution is 2.28. The van der Waals surface area contributed by atoms with Crippen LogP contribution in [0.4, 0.5) is 14.5 Å². The second-order valence-corrected chi connectivity index (χ2v) is 12.7. The van der Waals surface area contributed by atoms with E-state index in [4.69, 9.17) is 11.6 Å². The van der Waals surface area contributed by atoms with Crippen LogP contribution in [0.2, 0.25) is 5.02 Å². The summed E-state index contributed by atoms with van der Waals surface area (Å²) in [7, 11) is -4.36. The topological polar surface area (TPSA) is 86.8 Å². The number of halogens is 3. The third kappa shape index (κ3) is 8.21. The van der Waals surface area contributed by atoms with E-state index < -0.39 is 46.1 Å². The number of rotatable bonds is 12. The van der Waals surface area contributed by atoms with Crippen LogP contribution >= 0.6 is 11.6 Å². The first-order valence-electron chi connectivity index (χ1n) is 13.9. The van der Waals surface area contributed by atoms with E-state index in [1.165, 1.54) is 59.5 Å². The van der Waals surface area contributed by atoms with E-state index >= 15 is 0 Å². The van der Waals surface area contributed by atoms with Crippen molar-refractivity contribution in [1.82, 2.24) is 10.2 Å². The van der Waals surface area contributed by atoms with E-state index in [0.717, 1.165) is 22.0 Å². The summed E-state index contributed by atoms with van der Waals surface area (Å²) in [4.78, 5) is 29.1. The second kappa shape index (κ2) is 14.5. The van der Waals surface area contributed by atoms with Crippen LogP contribution in [0.25, 0.3) is 0 Å². The van der Waals surface area contributed by atoms with E-state index in [2.05, 4.69) is 5.32 Å². The summed E-state index contributed by atoms with van der Waals surface area (Å²) in [6.45, 7) is 2.72. The Bertz CT molecular complexity index is 1690. The van der Waals surface area contributed by atoms with Gasteiger partial charge in [0.1, 0.15) is 24.2 Å². The Morgan fingerprint density at radius 2 is 1.45 bits per heavy atom. The van der Waals surface area contributed by atoms with Crippen molar-refractivity contribution in [2.24, 2.45) is 0 Å². The highest BCUT2D eigenvalue weighted by atomic mass is 35.5. The number of carbonyl (C=O) groups excluding carboxylic acids is 2. The molecule has 4 aromatic carbocycles. The van der Waals surface area contributed by atoms with Crippen LogP contribution in [0.5, 0.6) is 0 Å². The molecule has 0 saturated heterocycles. The summed E-state index contributed by atoms with van der Waals surface area (Å²) >= 11 is 6.03. The molecule has 230 valence electrons. The first-order chi connectivity index (χ1) is 21.0. The summed E-state index contributed by atoms with van der Waals surface area (Å²) < 4.78 is 56.5. The van der Waals surface area contributed by atoms with Gasteiger partial charge in [0.2, 0.25) is 11.8 Å². The summed E-state index contributed by atoms with van der Waals surface area (Å²) in [5.74, 6) is -2.39. The highest BCUT2D eigenvalue weighted by molar-refractivity contribution is 7.92. The van der Waals surface area contributed by atoms with Gasteiger partial charge in [-0.2, -0.15) is 0 Å². The zero-order valence-electron chi connectivity index (χ0n) is 24.2. The lowest BCUT2D eigenvalue weighted by Crippen LogP contribution is -2.54. The first kappa shape index (κ1) is 32.6. The Morgan fingerprint density at radius 1 is 0.841 bits per heavy atom. The van der Waals surface area contributed by atoms with Gasteiger partial charge in [0, 0.05) is 19.0 Å². The Hall–Kier alpha value is -4.28. The Labute approximate surface area is 261 Å². The molecule has 0 bridgehead atoms. The van der Waals surface area contributed by atoms with Crippen molar-refractivity contribution < 1.29 is 26.8 Å². The minimum atomic E-state index is -4.36. The summed E-state index contributed by atoms with van der Waals surface area (Å²) in [5, 5.41) is 2.54. The molecule has 4 aromatic rings. The average molecular weight is 640 g/mol. The van der Waals surface area contributed by atoms with Crippen molar-refractivity contribution in [3.63, 3.8) is 0 Å². The lowest BCUT2D eigenvalue weighted by molar-refractivity contribution is -0.140. The molecule has 44 heavy (non-hydrogen) atoms. The lowest BCUT2D eigenvalue weighted by atomic mass is 10.0. The van der Waals surface area contributed by atoms with Crippen LogP contribution in [-0.2, 0) is 32.6 Å². The van der Waals surface area contributed by atoms with Crippen LogP contribution in [0.1, 0.15) is 25.0 Å². The van der Waals surface area contributed by atoms with Crippen molar-refractivity contribution in [2.75, 3.05) is 10.8 Å². The normalized spacial score (nSPS) is 12.0. The fraction of sp³-hybridized carbons (Fsp3) is 0.212. The number of benzene rings is 4. The molecule has 0 spiro atoms. The molecule has 1 atom stereocenters. The first-order valence-corrected chi connectivity index (χ1v) is 15.7. The Morgan fingerprint density at radius 3 is 2.05 bits per heavy atom. The standard InChI is InChI=1S/C33H32ClF2N3O4S/c1-23(2)37-33(41)31(19-24-9-5-3-6-10-24)38(21-25-13-15-26(35)16-14-25)32(40)22-39(27-17-18-30(36)29(34)20-27)44(42,43)28-11-7-4-8-12-28/h3-18,20,23,31H,19,21-22H2,1-2H3,(H,37,41)/t31-/m1/s1. The number of sulfonamides is 1. The van der Waals surface area contributed by atoms with Crippen molar-refractivity contribution in [2.45, 2.75) is 43.8 Å². The van der Waals surface area contributed by atoms with Gasteiger partial charge < -0.3 is 10.2 Å². The molecule has 2 amide bonds. The molecule has 11 heteroatoms. The van der Waals surface area contributed by atoms with Crippen LogP contribution in [0.15, 0.2) is 108 Å². The van der Waals surface area contributed by atoms with E-state index in [1.54, 1.807) is 19.9 Å². The maximum absolute atomic E-state index is 14.3. The third-order valence-corrected chi connectivity index (χ3v) is 8.85. The fourth-order valence-electron chi connectivity index (χ4n) is 4.61. The maximum atomic E-state index is 14.3. The zero-order valence-corrected chi connectivity index (χ0v) is 25.7. The van der Waals surface area contributed by atoms with E-state index in [1.807, 2.05) is 30.3 Å². The van der Waals surface area contributed by atoms with Crippen molar-refractivity contribution in [1.29, 1.82) is 0 Å². The zero-order chi connectivity index (χ0) is 31.9. The van der Waals surface area contributed by atoms with E-state index in [9.17, 15) is 26.8 Å². The number of carbonyl (C=O) groups is 2. The van der Waals surface area contributed by atoms with Gasteiger partial charge in [0.05, 0.1) is 15.6 Å². The van der Waals surface area contributed by atoms with Crippen LogP contribution < -0.4 is 9.62 Å². The van der Waals surface area contributed by atoms with Gasteiger partial charge in [-0.05, 0) is 67.4 Å². The number of hydrogen-bond donors (Lipinski definition) is 1.